The summed E-state index contributed by atoms with van der Waals surface area (Å²) in [6.07, 6.45) is -0.575. The summed E-state index contributed by atoms with van der Waals surface area (Å²) in [5.74, 6) is -0.889. The first kappa shape index (κ1) is 38.2. The van der Waals surface area contributed by atoms with Crippen molar-refractivity contribution in [1.82, 2.24) is 37.4 Å². The van der Waals surface area contributed by atoms with Crippen molar-refractivity contribution >= 4 is 41.5 Å². The Hall–Kier alpha value is -3.61. The van der Waals surface area contributed by atoms with E-state index >= 15 is 0 Å². The van der Waals surface area contributed by atoms with Crippen LogP contribution in [-0.4, -0.2) is 98.4 Å². The molecular weight excluding hydrogens is 671 g/mol. The second-order valence-electron chi connectivity index (χ2n) is 12.0. The molecule has 49 heavy (non-hydrogen) atoms. The van der Waals surface area contributed by atoms with Crippen molar-refractivity contribution in [2.45, 2.75) is 86.6 Å². The Morgan fingerprint density at radius 2 is 1.67 bits per heavy atom. The minimum atomic E-state index is -4.59. The Morgan fingerprint density at radius 3 is 2.33 bits per heavy atom. The van der Waals surface area contributed by atoms with E-state index in [0.29, 0.717) is 44.3 Å². The van der Waals surface area contributed by atoms with Gasteiger partial charge in [-0.1, -0.05) is 18.6 Å². The number of fused-ring (bicyclic) bond motifs is 1. The van der Waals surface area contributed by atoms with Gasteiger partial charge in [0.1, 0.15) is 6.04 Å². The second-order valence-corrected chi connectivity index (χ2v) is 13.3. The van der Waals surface area contributed by atoms with Gasteiger partial charge in [-0.15, -0.1) is 0 Å². The quantitative estimate of drug-likeness (QED) is 0.0446. The molecule has 0 saturated carbocycles. The number of ether oxygens (including phenoxy) is 2. The molecule has 0 radical (unpaired) electrons. The number of hydrogen-bond acceptors (Lipinski definition) is 10. The van der Waals surface area contributed by atoms with Crippen molar-refractivity contribution in [2.24, 2.45) is 0 Å². The van der Waals surface area contributed by atoms with Gasteiger partial charge in [0.05, 0.1) is 19.2 Å². The number of urea groups is 1. The number of amides is 5. The van der Waals surface area contributed by atoms with Crippen LogP contribution in [0.15, 0.2) is 24.3 Å². The minimum absolute atomic E-state index is 0.0101. The zero-order chi connectivity index (χ0) is 35.4. The largest absolute Gasteiger partial charge is 0.469 e. The molecule has 0 aliphatic carbocycles. The number of halogens is 3. The van der Waals surface area contributed by atoms with Gasteiger partial charge in [0.25, 0.3) is 5.91 Å². The molecule has 3 aliphatic rings. The monoisotopic (exact) mass is 715 g/mol. The summed E-state index contributed by atoms with van der Waals surface area (Å²) in [4.78, 5) is 61.0. The SMILES string of the molecule is COC(=O)CC[C@H](NC(=O)c1ccc(C2(C(F)(F)F)NN2)cc1)C(=O)NCCCOCCCNC(=O)CCCC[C@@H]1SC[C@@H]2NC(=O)N[C@@H]21. The van der Waals surface area contributed by atoms with E-state index in [-0.39, 0.29) is 54.5 Å². The molecule has 4 atom stereocenters. The number of benzene rings is 1. The molecule has 4 rings (SSSR count). The zero-order valence-electron chi connectivity index (χ0n) is 27.2. The maximum Gasteiger partial charge on any atom is 0.426 e. The Bertz CT molecular complexity index is 1320. The highest BCUT2D eigenvalue weighted by Crippen LogP contribution is 2.42. The predicted octanol–water partition coefficient (Wildman–Crippen LogP) is 1.32. The molecule has 3 fully saturated rings. The number of carbonyl (C=O) groups is 5. The third-order valence-corrected chi connectivity index (χ3v) is 10.0. The first-order valence-corrected chi connectivity index (χ1v) is 17.4. The summed E-state index contributed by atoms with van der Waals surface area (Å²) >= 11 is 1.86. The van der Waals surface area contributed by atoms with Crippen molar-refractivity contribution in [3.63, 3.8) is 0 Å². The number of hydrogen-bond donors (Lipinski definition) is 7. The summed E-state index contributed by atoms with van der Waals surface area (Å²) in [5.41, 5.74) is 1.74. The normalized spacial score (nSPS) is 21.1. The number of thioether (sulfide) groups is 1. The second kappa shape index (κ2) is 17.9. The van der Waals surface area contributed by atoms with Crippen molar-refractivity contribution in [3.8, 4) is 0 Å². The molecule has 1 aromatic carbocycles. The number of alkyl halides is 3. The molecule has 18 heteroatoms. The van der Waals surface area contributed by atoms with Crippen LogP contribution in [0.25, 0.3) is 0 Å². The fourth-order valence-electron chi connectivity index (χ4n) is 5.63. The van der Waals surface area contributed by atoms with Crippen LogP contribution in [0.5, 0.6) is 0 Å². The molecule has 7 N–H and O–H groups in total. The average Bonchev–Trinajstić information content (AvgIpc) is 3.72. The lowest BCUT2D eigenvalue weighted by Crippen LogP contribution is -2.47. The average molecular weight is 716 g/mol. The van der Waals surface area contributed by atoms with Crippen molar-refractivity contribution in [3.05, 3.63) is 35.4 Å². The van der Waals surface area contributed by atoms with Gasteiger partial charge < -0.3 is 36.1 Å². The van der Waals surface area contributed by atoms with Gasteiger partial charge in [-0.2, -0.15) is 24.9 Å². The van der Waals surface area contributed by atoms with Crippen molar-refractivity contribution in [1.29, 1.82) is 0 Å². The summed E-state index contributed by atoms with van der Waals surface area (Å²) in [6.45, 7) is 1.48. The maximum absolute atomic E-state index is 13.3. The number of esters is 1. The van der Waals surface area contributed by atoms with E-state index in [4.69, 9.17) is 4.74 Å². The fourth-order valence-corrected chi connectivity index (χ4v) is 7.18. The van der Waals surface area contributed by atoms with Gasteiger partial charge in [-0.3, -0.25) is 19.2 Å². The lowest BCUT2D eigenvalue weighted by Gasteiger charge is -2.19. The first-order valence-electron chi connectivity index (χ1n) is 16.3. The Morgan fingerprint density at radius 1 is 0.980 bits per heavy atom. The highest BCUT2D eigenvalue weighted by atomic mass is 32.2. The van der Waals surface area contributed by atoms with E-state index in [1.54, 1.807) is 0 Å². The lowest BCUT2D eigenvalue weighted by molar-refractivity contribution is -0.165. The van der Waals surface area contributed by atoms with Crippen molar-refractivity contribution < 1.29 is 46.6 Å². The molecule has 3 aliphatic heterocycles. The molecule has 3 saturated heterocycles. The van der Waals surface area contributed by atoms with Crippen molar-refractivity contribution in [2.75, 3.05) is 39.2 Å². The van der Waals surface area contributed by atoms with Crippen LogP contribution >= 0.6 is 11.8 Å². The molecule has 1 aromatic rings. The number of nitrogens with one attached hydrogen (secondary N) is 7. The number of rotatable bonds is 20. The lowest BCUT2D eigenvalue weighted by atomic mass is 10.0. The van der Waals surface area contributed by atoms with E-state index in [2.05, 4.69) is 42.2 Å². The van der Waals surface area contributed by atoms with E-state index in [9.17, 15) is 37.1 Å². The molecule has 14 nitrogen and oxygen atoms in total. The molecule has 0 spiro atoms. The van der Waals surface area contributed by atoms with Crippen LogP contribution in [0.4, 0.5) is 18.0 Å². The van der Waals surface area contributed by atoms with E-state index in [0.717, 1.165) is 37.1 Å². The predicted molar refractivity (Wildman–Crippen MR) is 173 cm³/mol. The molecule has 5 amide bonds. The smallest absolute Gasteiger partial charge is 0.426 e. The Balaban J connectivity index is 1.06. The zero-order valence-corrected chi connectivity index (χ0v) is 28.0. The number of hydrazine groups is 1. The summed E-state index contributed by atoms with van der Waals surface area (Å²) in [6, 6.07) is 3.96. The molecule has 3 heterocycles. The number of methoxy groups -OCH3 is 1. The molecular formula is C31H44F3N7O7S. The Kier molecular flexibility index (Phi) is 13.9. The fraction of sp³-hybridized carbons (Fsp3) is 0.645. The third kappa shape index (κ3) is 10.9. The van der Waals surface area contributed by atoms with Gasteiger partial charge in [-0.05, 0) is 49.8 Å². The molecule has 272 valence electrons. The van der Waals surface area contributed by atoms with Gasteiger partial charge in [0, 0.05) is 55.7 Å². The highest BCUT2D eigenvalue weighted by molar-refractivity contribution is 8.00. The molecule has 0 bridgehead atoms. The maximum atomic E-state index is 13.3. The summed E-state index contributed by atoms with van der Waals surface area (Å²) in [7, 11) is 1.20. The van der Waals surface area contributed by atoms with Crippen LogP contribution < -0.4 is 37.4 Å². The van der Waals surface area contributed by atoms with Gasteiger partial charge >= 0.3 is 18.2 Å². The van der Waals surface area contributed by atoms with Gasteiger partial charge in [-0.25, -0.2) is 15.6 Å². The van der Waals surface area contributed by atoms with E-state index in [1.807, 2.05) is 11.8 Å². The summed E-state index contributed by atoms with van der Waals surface area (Å²) in [5, 5.41) is 14.4. The standard InChI is InChI=1S/C31H44F3N7O7S/c1-47-25(43)13-12-21(37-27(44)19-8-10-20(11-9-19)30(40-41-30)31(32,33)34)28(45)36-15-5-17-48-16-4-14-35-24(42)7-3-2-6-23-26-22(18-49-23)38-29(46)39-26/h8-11,21-23,26,40-41H,2-7,12-18H2,1H3,(H,35,42)(H,36,45)(H,37,44)(H2,38,39,46)/t21-,22-,23-,26-/m0/s1. The van der Waals surface area contributed by atoms with E-state index < -0.39 is 35.7 Å². The highest BCUT2D eigenvalue weighted by Gasteiger charge is 2.65. The van der Waals surface area contributed by atoms with Crippen LogP contribution in [0.1, 0.15) is 67.3 Å². The van der Waals surface area contributed by atoms with Gasteiger partial charge in [0.2, 0.25) is 17.5 Å². The molecule has 0 unspecified atom stereocenters. The topological polar surface area (TPSA) is 208 Å². The molecule has 0 aromatic heterocycles. The van der Waals surface area contributed by atoms with Crippen LogP contribution in [0.3, 0.4) is 0 Å². The summed E-state index contributed by atoms with van der Waals surface area (Å²) < 4.78 is 50.2. The van der Waals surface area contributed by atoms with Crippen LogP contribution in [-0.2, 0) is 29.5 Å². The van der Waals surface area contributed by atoms with E-state index in [1.165, 1.54) is 19.2 Å². The third-order valence-electron chi connectivity index (χ3n) is 8.50. The minimum Gasteiger partial charge on any atom is -0.469 e. The first-order chi connectivity index (χ1) is 23.4. The van der Waals surface area contributed by atoms with Crippen LogP contribution in [0.2, 0.25) is 0 Å². The number of carbonyl (C=O) groups excluding carboxylic acids is 5. The van der Waals surface area contributed by atoms with Crippen LogP contribution in [0, 0.1) is 0 Å². The Labute approximate surface area is 286 Å². The van der Waals surface area contributed by atoms with Gasteiger partial charge in [0.15, 0.2) is 0 Å². The number of unbranched alkanes of at least 4 members (excludes halogenated alkanes) is 1.